The molecule has 8 heteroatoms. The lowest BCUT2D eigenvalue weighted by molar-refractivity contribution is 0.0160. The summed E-state index contributed by atoms with van der Waals surface area (Å²) in [6.07, 6.45) is -0.109. The highest BCUT2D eigenvalue weighted by atomic mass is 35.5. The Balaban J connectivity index is 1.52. The minimum Gasteiger partial charge on any atom is -0.486 e. The van der Waals surface area contributed by atoms with Crippen molar-refractivity contribution in [3.8, 4) is 5.75 Å². The Hall–Kier alpha value is -2.25. The van der Waals surface area contributed by atoms with Crippen LogP contribution in [0.5, 0.6) is 5.75 Å². The van der Waals surface area contributed by atoms with Crippen molar-refractivity contribution in [2.45, 2.75) is 44.0 Å². The Morgan fingerprint density at radius 3 is 2.63 bits per heavy atom. The third-order valence-electron chi connectivity index (χ3n) is 5.60. The summed E-state index contributed by atoms with van der Waals surface area (Å²) in [6, 6.07) is 6.52. The van der Waals surface area contributed by atoms with Crippen LogP contribution in [0, 0.1) is 11.6 Å². The van der Waals surface area contributed by atoms with E-state index in [1.54, 1.807) is 6.07 Å². The zero-order chi connectivity index (χ0) is 21.4. The molecule has 2 fully saturated rings. The normalized spacial score (nSPS) is 22.1. The molecule has 2 aromatic rings. The average Bonchev–Trinajstić information content (AvgIpc) is 3.51. The number of rotatable bonds is 6. The number of carboxylic acids is 1. The molecule has 0 radical (unpaired) electrons. The van der Waals surface area contributed by atoms with Crippen LogP contribution in [0.25, 0.3) is 0 Å². The van der Waals surface area contributed by atoms with Gasteiger partial charge in [0.1, 0.15) is 29.7 Å². The second-order valence-corrected chi connectivity index (χ2v) is 8.29. The van der Waals surface area contributed by atoms with Crippen LogP contribution >= 0.6 is 11.6 Å². The SMILES string of the molecule is O=C(O)c1cc(C2CC2)c(O[C@@H]2CN(Cc3ccc(F)cc3Cl)CC[C@H]2F)cc1F. The lowest BCUT2D eigenvalue weighted by atomic mass is 10.0. The fourth-order valence-corrected chi connectivity index (χ4v) is 4.04. The van der Waals surface area contributed by atoms with Crippen molar-refractivity contribution in [2.75, 3.05) is 13.1 Å². The van der Waals surface area contributed by atoms with Gasteiger partial charge in [0.25, 0.3) is 0 Å². The van der Waals surface area contributed by atoms with E-state index in [2.05, 4.69) is 0 Å². The first kappa shape index (κ1) is 21.0. The molecule has 1 saturated heterocycles. The molecule has 30 heavy (non-hydrogen) atoms. The molecule has 0 aromatic heterocycles. The Morgan fingerprint density at radius 2 is 1.97 bits per heavy atom. The molecule has 2 aliphatic rings. The molecule has 0 amide bonds. The first-order chi connectivity index (χ1) is 14.3. The van der Waals surface area contributed by atoms with Gasteiger partial charge in [0.15, 0.2) is 0 Å². The Bertz CT molecular complexity index is 967. The molecule has 0 bridgehead atoms. The molecule has 1 saturated carbocycles. The lowest BCUT2D eigenvalue weighted by Crippen LogP contribution is -2.47. The summed E-state index contributed by atoms with van der Waals surface area (Å²) in [5, 5.41) is 9.48. The summed E-state index contributed by atoms with van der Waals surface area (Å²) in [5.74, 6) is -2.36. The first-order valence-electron chi connectivity index (χ1n) is 9.85. The van der Waals surface area contributed by atoms with E-state index < -0.39 is 35.4 Å². The third-order valence-corrected chi connectivity index (χ3v) is 5.95. The fraction of sp³-hybridized carbons (Fsp3) is 0.409. The number of alkyl halides is 1. The van der Waals surface area contributed by atoms with E-state index >= 15 is 0 Å². The third kappa shape index (κ3) is 4.57. The van der Waals surface area contributed by atoms with Crippen molar-refractivity contribution in [1.82, 2.24) is 4.90 Å². The van der Waals surface area contributed by atoms with Crippen molar-refractivity contribution in [1.29, 1.82) is 0 Å². The van der Waals surface area contributed by atoms with E-state index in [1.165, 1.54) is 18.2 Å². The molecule has 0 spiro atoms. The average molecular weight is 440 g/mol. The van der Waals surface area contributed by atoms with E-state index in [9.17, 15) is 23.1 Å². The summed E-state index contributed by atoms with van der Waals surface area (Å²) in [5.41, 5.74) is 0.932. The number of carboxylic acid groups (broad SMARTS) is 1. The summed E-state index contributed by atoms with van der Waals surface area (Å²) in [7, 11) is 0. The molecular formula is C22H21ClF3NO3. The van der Waals surface area contributed by atoms with Crippen molar-refractivity contribution in [3.05, 3.63) is 63.7 Å². The molecule has 0 unspecified atom stereocenters. The van der Waals surface area contributed by atoms with Crippen molar-refractivity contribution in [3.63, 3.8) is 0 Å². The summed E-state index contributed by atoms with van der Waals surface area (Å²) < 4.78 is 48.0. The molecule has 1 aliphatic heterocycles. The maximum absolute atomic E-state index is 14.6. The monoisotopic (exact) mass is 439 g/mol. The Morgan fingerprint density at radius 1 is 1.20 bits per heavy atom. The fourth-order valence-electron chi connectivity index (χ4n) is 3.81. The van der Waals surface area contributed by atoms with Crippen LogP contribution in [0.4, 0.5) is 13.2 Å². The van der Waals surface area contributed by atoms with Gasteiger partial charge in [-0.2, -0.15) is 0 Å². The highest BCUT2D eigenvalue weighted by Crippen LogP contribution is 2.45. The van der Waals surface area contributed by atoms with Crippen molar-refractivity contribution >= 4 is 17.6 Å². The van der Waals surface area contributed by atoms with E-state index in [-0.39, 0.29) is 24.6 Å². The van der Waals surface area contributed by atoms with Crippen LogP contribution in [-0.4, -0.2) is 41.3 Å². The minimum absolute atomic E-state index is 0.106. The van der Waals surface area contributed by atoms with Crippen LogP contribution in [-0.2, 0) is 6.54 Å². The summed E-state index contributed by atoms with van der Waals surface area (Å²) in [6.45, 7) is 1.14. The molecule has 4 rings (SSSR count). The number of piperidine rings is 1. The van der Waals surface area contributed by atoms with Gasteiger partial charge in [-0.3, -0.25) is 4.90 Å². The molecule has 1 aliphatic carbocycles. The summed E-state index contributed by atoms with van der Waals surface area (Å²) in [4.78, 5) is 13.2. The number of nitrogens with zero attached hydrogens (tertiary/aromatic N) is 1. The zero-order valence-electron chi connectivity index (χ0n) is 16.1. The van der Waals surface area contributed by atoms with E-state index in [0.717, 1.165) is 24.5 Å². The van der Waals surface area contributed by atoms with Crippen LogP contribution in [0.2, 0.25) is 5.02 Å². The van der Waals surface area contributed by atoms with Gasteiger partial charge in [0, 0.05) is 30.7 Å². The molecule has 2 atom stereocenters. The maximum Gasteiger partial charge on any atom is 0.338 e. The quantitative estimate of drug-likeness (QED) is 0.673. The second kappa shape index (κ2) is 8.47. The van der Waals surface area contributed by atoms with Gasteiger partial charge in [-0.25, -0.2) is 18.0 Å². The van der Waals surface area contributed by atoms with Crippen LogP contribution in [0.3, 0.4) is 0 Å². The number of carbonyl (C=O) groups is 1. The first-order valence-corrected chi connectivity index (χ1v) is 10.2. The lowest BCUT2D eigenvalue weighted by Gasteiger charge is -2.35. The molecule has 4 nitrogen and oxygen atoms in total. The number of likely N-dealkylation sites (tertiary alicyclic amines) is 1. The zero-order valence-corrected chi connectivity index (χ0v) is 16.8. The van der Waals surface area contributed by atoms with Crippen LogP contribution in [0.15, 0.2) is 30.3 Å². The predicted molar refractivity (Wildman–Crippen MR) is 106 cm³/mol. The highest BCUT2D eigenvalue weighted by molar-refractivity contribution is 6.31. The number of benzene rings is 2. The highest BCUT2D eigenvalue weighted by Gasteiger charge is 2.34. The molecule has 2 aromatic carbocycles. The number of halogens is 4. The standard InChI is InChI=1S/C22H21ClF3NO3/c23-17-7-14(24)4-3-13(17)10-27-6-5-18(25)21(11-27)30-20-9-19(26)16(22(28)29)8-15(20)12-1-2-12/h3-4,7-9,12,18,21H,1-2,5-6,10-11H2,(H,28,29)/t18-,21-/m1/s1. The predicted octanol–water partition coefficient (Wildman–Crippen LogP) is 5.19. The van der Waals surface area contributed by atoms with E-state index in [4.69, 9.17) is 16.3 Å². The van der Waals surface area contributed by atoms with E-state index in [1.807, 2.05) is 4.90 Å². The number of ether oxygens (including phenoxy) is 1. The van der Waals surface area contributed by atoms with Crippen LogP contribution in [0.1, 0.15) is 46.7 Å². The number of aromatic carboxylic acids is 1. The number of hydrogen-bond acceptors (Lipinski definition) is 3. The van der Waals surface area contributed by atoms with E-state index in [0.29, 0.717) is 23.7 Å². The van der Waals surface area contributed by atoms with Gasteiger partial charge in [-0.05, 0) is 54.5 Å². The van der Waals surface area contributed by atoms with Gasteiger partial charge in [0.05, 0.1) is 5.56 Å². The van der Waals surface area contributed by atoms with Gasteiger partial charge >= 0.3 is 5.97 Å². The summed E-state index contributed by atoms with van der Waals surface area (Å²) >= 11 is 6.10. The topological polar surface area (TPSA) is 49.8 Å². The molecular weight excluding hydrogens is 419 g/mol. The molecule has 160 valence electrons. The van der Waals surface area contributed by atoms with Gasteiger partial charge in [0.2, 0.25) is 0 Å². The van der Waals surface area contributed by atoms with Gasteiger partial charge in [-0.15, -0.1) is 0 Å². The van der Waals surface area contributed by atoms with Gasteiger partial charge < -0.3 is 9.84 Å². The second-order valence-electron chi connectivity index (χ2n) is 7.88. The Labute approximate surface area is 177 Å². The largest absolute Gasteiger partial charge is 0.486 e. The van der Waals surface area contributed by atoms with Crippen molar-refractivity contribution in [2.24, 2.45) is 0 Å². The number of hydrogen-bond donors (Lipinski definition) is 1. The molecule has 1 N–H and O–H groups in total. The minimum atomic E-state index is -1.34. The smallest absolute Gasteiger partial charge is 0.338 e. The van der Waals surface area contributed by atoms with Gasteiger partial charge in [-0.1, -0.05) is 17.7 Å². The maximum atomic E-state index is 14.6. The van der Waals surface area contributed by atoms with Crippen LogP contribution < -0.4 is 4.74 Å². The molecule has 1 heterocycles. The Kier molecular flexibility index (Phi) is 5.93. The van der Waals surface area contributed by atoms with Crippen molar-refractivity contribution < 1.29 is 27.8 Å².